The molecule has 0 aromatic carbocycles. The van der Waals surface area contributed by atoms with Gasteiger partial charge in [0.1, 0.15) is 8.07 Å². The molecule has 0 N–H and O–H groups in total. The molecule has 0 aliphatic carbocycles. The highest BCUT2D eigenvalue weighted by Gasteiger charge is 2.07. The third-order valence-electron chi connectivity index (χ3n) is 1.22. The first-order valence-electron chi connectivity index (χ1n) is 4.61. The lowest BCUT2D eigenvalue weighted by Crippen LogP contribution is -2.16. The summed E-state index contributed by atoms with van der Waals surface area (Å²) < 4.78 is 4.78. The van der Waals surface area contributed by atoms with Crippen LogP contribution in [0, 0.1) is 11.5 Å². The second-order valence-corrected chi connectivity index (χ2v) is 8.61. The molecule has 2 nitrogen and oxygen atoms in total. The Hall–Kier alpha value is -0.753. The maximum Gasteiger partial charge on any atom is 0.306 e. The zero-order valence-electron chi connectivity index (χ0n) is 8.94. The Labute approximate surface area is 81.7 Å². The number of carbonyl (C=O) groups is 1. The molecule has 0 atom stereocenters. The van der Waals surface area contributed by atoms with Gasteiger partial charge in [0.05, 0.1) is 13.0 Å². The first kappa shape index (κ1) is 12.2. The average molecular weight is 198 g/mol. The first-order chi connectivity index (χ1) is 5.95. The van der Waals surface area contributed by atoms with Gasteiger partial charge in [-0.05, 0) is 6.92 Å². The van der Waals surface area contributed by atoms with Crippen molar-refractivity contribution in [1.29, 1.82) is 0 Å². The van der Waals surface area contributed by atoms with E-state index in [0.717, 1.165) is 0 Å². The second-order valence-electron chi connectivity index (χ2n) is 3.86. The minimum absolute atomic E-state index is 0.146. The highest BCUT2D eigenvalue weighted by molar-refractivity contribution is 6.83. The van der Waals surface area contributed by atoms with E-state index in [1.165, 1.54) is 0 Å². The van der Waals surface area contributed by atoms with Crippen molar-refractivity contribution in [1.82, 2.24) is 0 Å². The predicted octanol–water partition coefficient (Wildman–Crippen LogP) is 2.21. The van der Waals surface area contributed by atoms with Crippen LogP contribution in [-0.4, -0.2) is 20.7 Å². The fourth-order valence-corrected chi connectivity index (χ4v) is 1.38. The van der Waals surface area contributed by atoms with Crippen molar-refractivity contribution < 1.29 is 9.53 Å². The molecule has 0 fully saturated rings. The minimum atomic E-state index is -1.26. The lowest BCUT2D eigenvalue weighted by molar-refractivity contribution is -0.142. The number of esters is 1. The van der Waals surface area contributed by atoms with Crippen molar-refractivity contribution in [3.05, 3.63) is 0 Å². The van der Waals surface area contributed by atoms with Crippen LogP contribution in [0.15, 0.2) is 0 Å². The monoisotopic (exact) mass is 198 g/mol. The van der Waals surface area contributed by atoms with E-state index in [-0.39, 0.29) is 5.97 Å². The van der Waals surface area contributed by atoms with Gasteiger partial charge in [-0.2, -0.15) is 0 Å². The van der Waals surface area contributed by atoms with Gasteiger partial charge < -0.3 is 4.74 Å². The van der Waals surface area contributed by atoms with Crippen molar-refractivity contribution in [2.24, 2.45) is 0 Å². The third-order valence-corrected chi connectivity index (χ3v) is 2.15. The molecule has 0 aromatic rings. The van der Waals surface area contributed by atoms with E-state index in [0.29, 0.717) is 19.4 Å². The van der Waals surface area contributed by atoms with E-state index in [2.05, 4.69) is 31.1 Å². The molecule has 0 radical (unpaired) electrons. The summed E-state index contributed by atoms with van der Waals surface area (Å²) in [6.07, 6.45) is 1.05. The summed E-state index contributed by atoms with van der Waals surface area (Å²) in [6.45, 7) is 8.82. The summed E-state index contributed by atoms with van der Waals surface area (Å²) >= 11 is 0. The molecule has 0 saturated heterocycles. The Morgan fingerprint density at radius 3 is 2.46 bits per heavy atom. The molecule has 0 rings (SSSR count). The Morgan fingerprint density at radius 2 is 2.00 bits per heavy atom. The topological polar surface area (TPSA) is 26.3 Å². The first-order valence-corrected chi connectivity index (χ1v) is 8.11. The van der Waals surface area contributed by atoms with Crippen LogP contribution in [0.2, 0.25) is 19.6 Å². The van der Waals surface area contributed by atoms with Crippen molar-refractivity contribution in [2.45, 2.75) is 39.4 Å². The molecule has 0 heterocycles. The van der Waals surface area contributed by atoms with E-state index < -0.39 is 8.07 Å². The molecule has 0 aromatic heterocycles. The van der Waals surface area contributed by atoms with Gasteiger partial charge in [-0.3, -0.25) is 4.79 Å². The molecule has 0 bridgehead atoms. The molecule has 0 aliphatic rings. The normalized spacial score (nSPS) is 10.2. The molecule has 0 aliphatic heterocycles. The molecular formula is C10H18O2Si. The third kappa shape index (κ3) is 9.16. The van der Waals surface area contributed by atoms with Gasteiger partial charge >= 0.3 is 5.97 Å². The molecule has 0 amide bonds. The minimum Gasteiger partial charge on any atom is -0.466 e. The van der Waals surface area contributed by atoms with Crippen molar-refractivity contribution >= 4 is 14.0 Å². The van der Waals surface area contributed by atoms with Crippen LogP contribution < -0.4 is 0 Å². The molecular weight excluding hydrogens is 180 g/mol. The van der Waals surface area contributed by atoms with Gasteiger partial charge in [0, 0.05) is 6.42 Å². The maximum absolute atomic E-state index is 10.9. The zero-order valence-corrected chi connectivity index (χ0v) is 9.94. The van der Waals surface area contributed by atoms with Crippen LogP contribution >= 0.6 is 0 Å². The molecule has 0 spiro atoms. The highest BCUT2D eigenvalue weighted by atomic mass is 28.3. The van der Waals surface area contributed by atoms with Crippen LogP contribution in [0.1, 0.15) is 19.8 Å². The summed E-state index contributed by atoms with van der Waals surface area (Å²) in [5.74, 6) is 2.88. The van der Waals surface area contributed by atoms with E-state index in [1.54, 1.807) is 0 Å². The van der Waals surface area contributed by atoms with Gasteiger partial charge in [0.25, 0.3) is 0 Å². The van der Waals surface area contributed by atoms with E-state index in [9.17, 15) is 4.79 Å². The van der Waals surface area contributed by atoms with Gasteiger partial charge in [0.15, 0.2) is 0 Å². The maximum atomic E-state index is 10.9. The van der Waals surface area contributed by atoms with Crippen LogP contribution in [0.25, 0.3) is 0 Å². The molecule has 13 heavy (non-hydrogen) atoms. The van der Waals surface area contributed by atoms with Crippen LogP contribution in [0.5, 0.6) is 0 Å². The van der Waals surface area contributed by atoms with Gasteiger partial charge in [-0.15, -0.1) is 11.5 Å². The SMILES string of the molecule is CCOC(=O)CCC#C[Si](C)(C)C. The fraction of sp³-hybridized carbons (Fsp3) is 0.700. The number of rotatable bonds is 3. The lowest BCUT2D eigenvalue weighted by Gasteiger charge is -2.03. The molecule has 0 unspecified atom stereocenters. The Bertz CT molecular complexity index is 217. The van der Waals surface area contributed by atoms with Crippen LogP contribution in [0.4, 0.5) is 0 Å². The summed E-state index contributed by atoms with van der Waals surface area (Å²) in [5.41, 5.74) is 3.20. The number of ether oxygens (including phenoxy) is 1. The predicted molar refractivity (Wildman–Crippen MR) is 57.0 cm³/mol. The molecule has 3 heteroatoms. The second kappa shape index (κ2) is 5.82. The summed E-state index contributed by atoms with van der Waals surface area (Å²) in [5, 5.41) is 0. The standard InChI is InChI=1S/C10H18O2Si/c1-5-12-10(11)8-6-7-9-13(2,3)4/h5-6,8H2,1-4H3. The van der Waals surface area contributed by atoms with Crippen molar-refractivity contribution in [2.75, 3.05) is 6.61 Å². The summed E-state index contributed by atoms with van der Waals surface area (Å²) in [6, 6.07) is 0. The largest absolute Gasteiger partial charge is 0.466 e. The quantitative estimate of drug-likeness (QED) is 0.395. The number of hydrogen-bond acceptors (Lipinski definition) is 2. The van der Waals surface area contributed by atoms with Crippen LogP contribution in [0.3, 0.4) is 0 Å². The van der Waals surface area contributed by atoms with Gasteiger partial charge in [-0.1, -0.05) is 19.6 Å². The van der Waals surface area contributed by atoms with Crippen molar-refractivity contribution in [3.63, 3.8) is 0 Å². The van der Waals surface area contributed by atoms with Crippen molar-refractivity contribution in [3.8, 4) is 11.5 Å². The van der Waals surface area contributed by atoms with Gasteiger partial charge in [0.2, 0.25) is 0 Å². The average Bonchev–Trinajstić information content (AvgIpc) is 1.97. The zero-order chi connectivity index (χ0) is 10.3. The van der Waals surface area contributed by atoms with E-state index >= 15 is 0 Å². The lowest BCUT2D eigenvalue weighted by atomic mass is 10.3. The van der Waals surface area contributed by atoms with E-state index in [4.69, 9.17) is 4.74 Å². The molecule has 74 valence electrons. The summed E-state index contributed by atoms with van der Waals surface area (Å²) in [4.78, 5) is 10.9. The Balaban J connectivity index is 3.65. The Kier molecular flexibility index (Phi) is 5.48. The smallest absolute Gasteiger partial charge is 0.306 e. The Morgan fingerprint density at radius 1 is 1.38 bits per heavy atom. The molecule has 0 saturated carbocycles. The van der Waals surface area contributed by atoms with E-state index in [1.807, 2.05) is 6.92 Å². The number of hydrogen-bond donors (Lipinski definition) is 0. The highest BCUT2D eigenvalue weighted by Crippen LogP contribution is 1.98. The number of carbonyl (C=O) groups excluding carboxylic acids is 1. The summed E-state index contributed by atoms with van der Waals surface area (Å²) in [7, 11) is -1.26. The van der Waals surface area contributed by atoms with Crippen LogP contribution in [-0.2, 0) is 9.53 Å². The fourth-order valence-electron chi connectivity index (χ4n) is 0.725. The van der Waals surface area contributed by atoms with Gasteiger partial charge in [-0.25, -0.2) is 0 Å².